The molecule has 5 nitrogen and oxygen atoms in total. The Morgan fingerprint density at radius 1 is 1.13 bits per heavy atom. The predicted octanol–water partition coefficient (Wildman–Crippen LogP) is -0.713. The SMILES string of the molecule is CCNCC(=O)N1CCN(C(C)=O)CC1. The van der Waals surface area contributed by atoms with Gasteiger partial charge in [-0.15, -0.1) is 0 Å². The molecule has 1 aliphatic heterocycles. The fourth-order valence-electron chi connectivity index (χ4n) is 1.61. The summed E-state index contributed by atoms with van der Waals surface area (Å²) in [5.74, 6) is 0.217. The molecule has 1 rings (SSSR count). The van der Waals surface area contributed by atoms with Crippen molar-refractivity contribution in [3.8, 4) is 0 Å². The molecule has 0 unspecified atom stereocenters. The number of nitrogens with one attached hydrogen (secondary N) is 1. The smallest absolute Gasteiger partial charge is 0.236 e. The molecule has 0 radical (unpaired) electrons. The van der Waals surface area contributed by atoms with Gasteiger partial charge in [0.15, 0.2) is 0 Å². The number of carbonyl (C=O) groups excluding carboxylic acids is 2. The van der Waals surface area contributed by atoms with E-state index in [9.17, 15) is 9.59 Å². The molecular weight excluding hydrogens is 194 g/mol. The topological polar surface area (TPSA) is 52.7 Å². The van der Waals surface area contributed by atoms with Gasteiger partial charge in [-0.05, 0) is 6.54 Å². The molecule has 0 aromatic heterocycles. The van der Waals surface area contributed by atoms with Crippen LogP contribution in [0.1, 0.15) is 13.8 Å². The third-order valence-corrected chi connectivity index (χ3v) is 2.60. The summed E-state index contributed by atoms with van der Waals surface area (Å²) in [5.41, 5.74) is 0. The van der Waals surface area contributed by atoms with Crippen LogP contribution in [0.3, 0.4) is 0 Å². The quantitative estimate of drug-likeness (QED) is 0.673. The summed E-state index contributed by atoms with van der Waals surface area (Å²) in [6, 6.07) is 0. The summed E-state index contributed by atoms with van der Waals surface area (Å²) in [6.45, 7) is 7.38. The van der Waals surface area contributed by atoms with Crippen LogP contribution in [0, 0.1) is 0 Å². The standard InChI is InChI=1S/C10H19N3O2/c1-3-11-8-10(15)13-6-4-12(5-7-13)9(2)14/h11H,3-8H2,1-2H3. The molecule has 0 spiro atoms. The van der Waals surface area contributed by atoms with E-state index in [0.717, 1.165) is 6.54 Å². The van der Waals surface area contributed by atoms with Gasteiger partial charge in [-0.3, -0.25) is 9.59 Å². The molecule has 0 atom stereocenters. The first-order valence-corrected chi connectivity index (χ1v) is 5.39. The average molecular weight is 213 g/mol. The third kappa shape index (κ3) is 3.51. The van der Waals surface area contributed by atoms with Crippen LogP contribution in [-0.2, 0) is 9.59 Å². The van der Waals surface area contributed by atoms with Crippen molar-refractivity contribution >= 4 is 11.8 Å². The van der Waals surface area contributed by atoms with Crippen LogP contribution >= 0.6 is 0 Å². The molecule has 1 fully saturated rings. The van der Waals surface area contributed by atoms with Crippen LogP contribution in [0.2, 0.25) is 0 Å². The maximum Gasteiger partial charge on any atom is 0.236 e. The zero-order valence-electron chi connectivity index (χ0n) is 9.45. The van der Waals surface area contributed by atoms with Gasteiger partial charge >= 0.3 is 0 Å². The molecule has 0 aliphatic carbocycles. The molecule has 0 bridgehead atoms. The summed E-state index contributed by atoms with van der Waals surface area (Å²) in [5, 5.41) is 3.01. The Kier molecular flexibility index (Phi) is 4.55. The monoisotopic (exact) mass is 213 g/mol. The first-order valence-electron chi connectivity index (χ1n) is 5.39. The molecule has 2 amide bonds. The van der Waals surface area contributed by atoms with E-state index in [2.05, 4.69) is 5.32 Å². The minimum atomic E-state index is 0.0915. The van der Waals surface area contributed by atoms with Crippen LogP contribution in [-0.4, -0.2) is 60.9 Å². The van der Waals surface area contributed by atoms with Gasteiger partial charge in [-0.1, -0.05) is 6.92 Å². The number of hydrogen-bond donors (Lipinski definition) is 1. The number of likely N-dealkylation sites (N-methyl/N-ethyl adjacent to an activating group) is 1. The lowest BCUT2D eigenvalue weighted by Crippen LogP contribution is -2.51. The Morgan fingerprint density at radius 3 is 2.13 bits per heavy atom. The van der Waals surface area contributed by atoms with E-state index < -0.39 is 0 Å². The van der Waals surface area contributed by atoms with E-state index >= 15 is 0 Å². The van der Waals surface area contributed by atoms with Gasteiger partial charge in [-0.2, -0.15) is 0 Å². The summed E-state index contributed by atoms with van der Waals surface area (Å²) >= 11 is 0. The van der Waals surface area contributed by atoms with Crippen LogP contribution in [0.25, 0.3) is 0 Å². The van der Waals surface area contributed by atoms with Crippen LogP contribution < -0.4 is 5.32 Å². The van der Waals surface area contributed by atoms with E-state index in [1.54, 1.807) is 11.8 Å². The van der Waals surface area contributed by atoms with Crippen molar-refractivity contribution in [2.45, 2.75) is 13.8 Å². The highest BCUT2D eigenvalue weighted by Crippen LogP contribution is 2.01. The van der Waals surface area contributed by atoms with Gasteiger partial charge in [0.05, 0.1) is 6.54 Å². The van der Waals surface area contributed by atoms with Crippen LogP contribution in [0.15, 0.2) is 0 Å². The molecular formula is C10H19N3O2. The highest BCUT2D eigenvalue weighted by molar-refractivity contribution is 5.79. The minimum absolute atomic E-state index is 0.0915. The Balaban J connectivity index is 2.30. The highest BCUT2D eigenvalue weighted by Gasteiger charge is 2.21. The highest BCUT2D eigenvalue weighted by atomic mass is 16.2. The van der Waals surface area contributed by atoms with Gasteiger partial charge < -0.3 is 15.1 Å². The van der Waals surface area contributed by atoms with Gasteiger partial charge in [0, 0.05) is 33.1 Å². The molecule has 1 saturated heterocycles. The number of hydrogen-bond acceptors (Lipinski definition) is 3. The van der Waals surface area contributed by atoms with Crippen molar-refractivity contribution in [2.75, 3.05) is 39.3 Å². The molecule has 5 heteroatoms. The van der Waals surface area contributed by atoms with Gasteiger partial charge in [0.1, 0.15) is 0 Å². The molecule has 0 saturated carbocycles. The Morgan fingerprint density at radius 2 is 1.67 bits per heavy atom. The van der Waals surface area contributed by atoms with E-state index in [1.807, 2.05) is 11.8 Å². The van der Waals surface area contributed by atoms with E-state index in [0.29, 0.717) is 32.7 Å². The first-order chi connectivity index (χ1) is 7.15. The summed E-state index contributed by atoms with van der Waals surface area (Å²) < 4.78 is 0. The van der Waals surface area contributed by atoms with E-state index in [4.69, 9.17) is 0 Å². The molecule has 1 heterocycles. The molecule has 1 aliphatic rings. The fourth-order valence-corrected chi connectivity index (χ4v) is 1.61. The van der Waals surface area contributed by atoms with Crippen molar-refractivity contribution < 1.29 is 9.59 Å². The largest absolute Gasteiger partial charge is 0.339 e. The van der Waals surface area contributed by atoms with Crippen molar-refractivity contribution in [3.05, 3.63) is 0 Å². The third-order valence-electron chi connectivity index (χ3n) is 2.60. The number of rotatable bonds is 3. The molecule has 0 aromatic carbocycles. The normalized spacial score (nSPS) is 16.7. The van der Waals surface area contributed by atoms with E-state index in [-0.39, 0.29) is 11.8 Å². The van der Waals surface area contributed by atoms with Gasteiger partial charge in [0.25, 0.3) is 0 Å². The van der Waals surface area contributed by atoms with Crippen LogP contribution in [0.5, 0.6) is 0 Å². The second kappa shape index (κ2) is 5.70. The maximum atomic E-state index is 11.6. The lowest BCUT2D eigenvalue weighted by molar-refractivity contribution is -0.137. The second-order valence-corrected chi connectivity index (χ2v) is 3.67. The zero-order chi connectivity index (χ0) is 11.3. The van der Waals surface area contributed by atoms with Crippen molar-refractivity contribution in [3.63, 3.8) is 0 Å². The fraction of sp³-hybridized carbons (Fsp3) is 0.800. The molecule has 0 aromatic rings. The lowest BCUT2D eigenvalue weighted by Gasteiger charge is -2.34. The lowest BCUT2D eigenvalue weighted by atomic mass is 10.3. The summed E-state index contributed by atoms with van der Waals surface area (Å²) in [4.78, 5) is 26.2. The van der Waals surface area contributed by atoms with Crippen molar-refractivity contribution in [1.82, 2.24) is 15.1 Å². The second-order valence-electron chi connectivity index (χ2n) is 3.67. The Hall–Kier alpha value is -1.10. The van der Waals surface area contributed by atoms with Crippen molar-refractivity contribution in [2.24, 2.45) is 0 Å². The number of amides is 2. The van der Waals surface area contributed by atoms with Gasteiger partial charge in [-0.25, -0.2) is 0 Å². The number of nitrogens with zero attached hydrogens (tertiary/aromatic N) is 2. The molecule has 15 heavy (non-hydrogen) atoms. The number of piperazine rings is 1. The minimum Gasteiger partial charge on any atom is -0.339 e. The van der Waals surface area contributed by atoms with Gasteiger partial charge in [0.2, 0.25) is 11.8 Å². The van der Waals surface area contributed by atoms with E-state index in [1.165, 1.54) is 0 Å². The Bertz CT molecular complexity index is 235. The maximum absolute atomic E-state index is 11.6. The van der Waals surface area contributed by atoms with Crippen molar-refractivity contribution in [1.29, 1.82) is 0 Å². The Labute approximate surface area is 90.4 Å². The average Bonchev–Trinajstić information content (AvgIpc) is 2.26. The molecule has 86 valence electrons. The molecule has 1 N–H and O–H groups in total. The first kappa shape index (κ1) is 12.0. The summed E-state index contributed by atoms with van der Waals surface area (Å²) in [6.07, 6.45) is 0. The summed E-state index contributed by atoms with van der Waals surface area (Å²) in [7, 11) is 0. The predicted molar refractivity (Wildman–Crippen MR) is 57.4 cm³/mol. The number of carbonyl (C=O) groups is 2. The van der Waals surface area contributed by atoms with Crippen LogP contribution in [0.4, 0.5) is 0 Å². The zero-order valence-corrected chi connectivity index (χ0v) is 9.45.